The molecular formula is C13H17Cl3N2. The highest BCUT2D eigenvalue weighted by Crippen LogP contribution is 2.36. The van der Waals surface area contributed by atoms with E-state index in [0.29, 0.717) is 21.3 Å². The SMILES string of the molecule is CC1(CNc2nc(Cl)c(Cl)cc2Cl)CCCCC1. The standard InChI is InChI=1S/C13H17Cl3N2/c1-13(5-3-2-4-6-13)8-17-12-10(15)7-9(14)11(16)18-12/h7H,2-6,8H2,1H3,(H,17,18). The first kappa shape index (κ1) is 14.2. The normalized spacial score (nSPS) is 18.7. The van der Waals surface area contributed by atoms with Gasteiger partial charge in [0.2, 0.25) is 0 Å². The Morgan fingerprint density at radius 1 is 1.17 bits per heavy atom. The van der Waals surface area contributed by atoms with E-state index in [9.17, 15) is 0 Å². The predicted molar refractivity (Wildman–Crippen MR) is 78.9 cm³/mol. The maximum absolute atomic E-state index is 6.10. The largest absolute Gasteiger partial charge is 0.368 e. The molecule has 1 aliphatic carbocycles. The van der Waals surface area contributed by atoms with Gasteiger partial charge >= 0.3 is 0 Å². The average Bonchev–Trinajstić information content (AvgIpc) is 2.33. The summed E-state index contributed by atoms with van der Waals surface area (Å²) in [7, 11) is 0. The van der Waals surface area contributed by atoms with E-state index in [0.717, 1.165) is 6.54 Å². The van der Waals surface area contributed by atoms with Gasteiger partial charge < -0.3 is 5.32 Å². The molecule has 100 valence electrons. The quantitative estimate of drug-likeness (QED) is 0.754. The lowest BCUT2D eigenvalue weighted by atomic mass is 9.76. The molecule has 2 nitrogen and oxygen atoms in total. The van der Waals surface area contributed by atoms with Crippen molar-refractivity contribution in [3.8, 4) is 0 Å². The van der Waals surface area contributed by atoms with E-state index < -0.39 is 0 Å². The minimum Gasteiger partial charge on any atom is -0.368 e. The van der Waals surface area contributed by atoms with Gasteiger partial charge in [0.15, 0.2) is 0 Å². The van der Waals surface area contributed by atoms with Crippen LogP contribution in [0.5, 0.6) is 0 Å². The third kappa shape index (κ3) is 3.43. The van der Waals surface area contributed by atoms with Gasteiger partial charge in [0.1, 0.15) is 11.0 Å². The van der Waals surface area contributed by atoms with Crippen LogP contribution >= 0.6 is 34.8 Å². The van der Waals surface area contributed by atoms with E-state index in [1.165, 1.54) is 32.1 Å². The molecule has 1 aromatic rings. The van der Waals surface area contributed by atoms with Crippen molar-refractivity contribution in [3.05, 3.63) is 21.3 Å². The zero-order valence-corrected chi connectivity index (χ0v) is 12.7. The molecule has 0 unspecified atom stereocenters. The van der Waals surface area contributed by atoms with Gasteiger partial charge in [-0.2, -0.15) is 0 Å². The minimum absolute atomic E-state index is 0.289. The van der Waals surface area contributed by atoms with Crippen molar-refractivity contribution in [1.29, 1.82) is 0 Å². The molecule has 0 aromatic carbocycles. The summed E-state index contributed by atoms with van der Waals surface area (Å²) < 4.78 is 0. The predicted octanol–water partition coefficient (Wildman–Crippen LogP) is 5.42. The van der Waals surface area contributed by atoms with Crippen molar-refractivity contribution < 1.29 is 0 Å². The Balaban J connectivity index is 2.03. The fourth-order valence-electron chi connectivity index (χ4n) is 2.45. The Morgan fingerprint density at radius 2 is 1.83 bits per heavy atom. The fraction of sp³-hybridized carbons (Fsp3) is 0.615. The number of hydrogen-bond acceptors (Lipinski definition) is 2. The van der Waals surface area contributed by atoms with Crippen LogP contribution in [-0.2, 0) is 0 Å². The molecule has 1 aromatic heterocycles. The number of pyridine rings is 1. The Hall–Kier alpha value is -0.180. The average molecular weight is 308 g/mol. The van der Waals surface area contributed by atoms with Gasteiger partial charge in [-0.25, -0.2) is 4.98 Å². The summed E-state index contributed by atoms with van der Waals surface area (Å²) in [6.07, 6.45) is 6.46. The third-order valence-electron chi connectivity index (χ3n) is 3.63. The van der Waals surface area contributed by atoms with Gasteiger partial charge in [-0.15, -0.1) is 0 Å². The van der Waals surface area contributed by atoms with Crippen LogP contribution in [0.4, 0.5) is 5.82 Å². The first-order chi connectivity index (χ1) is 8.50. The molecule has 0 atom stereocenters. The molecular weight excluding hydrogens is 291 g/mol. The second-order valence-corrected chi connectivity index (χ2v) is 6.49. The lowest BCUT2D eigenvalue weighted by Crippen LogP contribution is -2.29. The van der Waals surface area contributed by atoms with Gasteiger partial charge in [-0.05, 0) is 24.3 Å². The van der Waals surface area contributed by atoms with E-state index >= 15 is 0 Å². The molecule has 0 amide bonds. The lowest BCUT2D eigenvalue weighted by Gasteiger charge is -2.33. The van der Waals surface area contributed by atoms with Crippen molar-refractivity contribution >= 4 is 40.6 Å². The zero-order valence-electron chi connectivity index (χ0n) is 10.4. The number of anilines is 1. The lowest BCUT2D eigenvalue weighted by molar-refractivity contribution is 0.233. The summed E-state index contributed by atoms with van der Waals surface area (Å²) in [5, 5.41) is 4.50. The Labute approximate surface area is 123 Å². The van der Waals surface area contributed by atoms with E-state index in [2.05, 4.69) is 17.2 Å². The van der Waals surface area contributed by atoms with E-state index in [4.69, 9.17) is 34.8 Å². The molecule has 0 radical (unpaired) electrons. The zero-order chi connectivity index (χ0) is 13.2. The summed E-state index contributed by atoms with van der Waals surface area (Å²) in [5.74, 6) is 0.623. The van der Waals surface area contributed by atoms with Crippen LogP contribution in [0.3, 0.4) is 0 Å². The molecule has 18 heavy (non-hydrogen) atoms. The molecule has 1 aliphatic rings. The van der Waals surface area contributed by atoms with Crippen molar-refractivity contribution in [2.75, 3.05) is 11.9 Å². The summed E-state index contributed by atoms with van der Waals surface area (Å²) in [6, 6.07) is 1.63. The van der Waals surface area contributed by atoms with Crippen LogP contribution in [-0.4, -0.2) is 11.5 Å². The highest BCUT2D eigenvalue weighted by molar-refractivity contribution is 6.42. The topological polar surface area (TPSA) is 24.9 Å². The Bertz CT molecular complexity index is 428. The second kappa shape index (κ2) is 5.85. The van der Waals surface area contributed by atoms with Crippen molar-refractivity contribution in [1.82, 2.24) is 4.98 Å². The number of rotatable bonds is 3. The van der Waals surface area contributed by atoms with Crippen molar-refractivity contribution in [3.63, 3.8) is 0 Å². The van der Waals surface area contributed by atoms with Crippen LogP contribution in [0.1, 0.15) is 39.0 Å². The minimum atomic E-state index is 0.289. The monoisotopic (exact) mass is 306 g/mol. The molecule has 2 rings (SSSR count). The van der Waals surface area contributed by atoms with Gasteiger partial charge in [0.05, 0.1) is 10.0 Å². The molecule has 0 aliphatic heterocycles. The molecule has 0 spiro atoms. The summed E-state index contributed by atoms with van der Waals surface area (Å²) in [5.41, 5.74) is 0.329. The first-order valence-electron chi connectivity index (χ1n) is 6.26. The number of nitrogens with one attached hydrogen (secondary N) is 1. The number of halogens is 3. The van der Waals surface area contributed by atoms with Gasteiger partial charge in [-0.3, -0.25) is 0 Å². The highest BCUT2D eigenvalue weighted by atomic mass is 35.5. The number of hydrogen-bond donors (Lipinski definition) is 1. The molecule has 0 bridgehead atoms. The van der Waals surface area contributed by atoms with Crippen molar-refractivity contribution in [2.45, 2.75) is 39.0 Å². The third-order valence-corrected chi connectivity index (χ3v) is 4.59. The van der Waals surface area contributed by atoms with Crippen LogP contribution < -0.4 is 5.32 Å². The molecule has 1 saturated carbocycles. The Morgan fingerprint density at radius 3 is 2.50 bits per heavy atom. The van der Waals surface area contributed by atoms with Gasteiger partial charge in [0.25, 0.3) is 0 Å². The molecule has 0 saturated heterocycles. The van der Waals surface area contributed by atoms with Crippen LogP contribution in [0.25, 0.3) is 0 Å². The smallest absolute Gasteiger partial charge is 0.150 e. The maximum atomic E-state index is 6.10. The van der Waals surface area contributed by atoms with Gasteiger partial charge in [0, 0.05) is 6.54 Å². The molecule has 1 fully saturated rings. The second-order valence-electron chi connectivity index (χ2n) is 5.32. The van der Waals surface area contributed by atoms with Crippen molar-refractivity contribution in [2.24, 2.45) is 5.41 Å². The number of nitrogens with zero attached hydrogens (tertiary/aromatic N) is 1. The van der Waals surface area contributed by atoms with Crippen LogP contribution in [0, 0.1) is 5.41 Å². The first-order valence-corrected chi connectivity index (χ1v) is 7.39. The fourth-order valence-corrected chi connectivity index (χ4v) is 3.01. The van der Waals surface area contributed by atoms with E-state index in [-0.39, 0.29) is 5.15 Å². The highest BCUT2D eigenvalue weighted by Gasteiger charge is 2.26. The summed E-state index contributed by atoms with van der Waals surface area (Å²) in [4.78, 5) is 4.18. The molecule has 1 heterocycles. The molecule has 5 heteroatoms. The summed E-state index contributed by atoms with van der Waals surface area (Å²) >= 11 is 17.9. The van der Waals surface area contributed by atoms with Gasteiger partial charge in [-0.1, -0.05) is 61.0 Å². The molecule has 1 N–H and O–H groups in total. The van der Waals surface area contributed by atoms with E-state index in [1.54, 1.807) is 6.07 Å². The van der Waals surface area contributed by atoms with Crippen LogP contribution in [0.2, 0.25) is 15.2 Å². The summed E-state index contributed by atoms with van der Waals surface area (Å²) in [6.45, 7) is 3.18. The van der Waals surface area contributed by atoms with E-state index in [1.807, 2.05) is 0 Å². The maximum Gasteiger partial charge on any atom is 0.150 e. The van der Waals surface area contributed by atoms with Crippen LogP contribution in [0.15, 0.2) is 6.07 Å². The Kier molecular flexibility index (Phi) is 4.63. The number of aromatic nitrogens is 1.